The Bertz CT molecular complexity index is 1120. The fourth-order valence-electron chi connectivity index (χ4n) is 3.73. The molecule has 1 fully saturated rings. The minimum atomic E-state index is -1.12. The molecule has 0 aliphatic carbocycles. The number of benzene rings is 2. The first kappa shape index (κ1) is 21.3. The molecule has 6 nitrogen and oxygen atoms in total. The molecule has 8 heteroatoms. The number of para-hydroxylation sites is 1. The van der Waals surface area contributed by atoms with Gasteiger partial charge in [-0.3, -0.25) is 24.2 Å². The van der Waals surface area contributed by atoms with Gasteiger partial charge in [0, 0.05) is 5.56 Å². The standard InChI is InChI=1S/C23H20N2O4S2/c1-2-3-6-14-9-11-15(12-10-14)25-22(29)20(31-23(25)30)19-16-7-4-5-8-17(16)24(21(19)28)13-18(26)27/h4-5,7-12H,2-3,6,13H2,1H3,(H,26,27)/b20-19-. The fourth-order valence-corrected chi connectivity index (χ4v) is 5.10. The molecular formula is C23H20N2O4S2. The summed E-state index contributed by atoms with van der Waals surface area (Å²) in [6.07, 6.45) is 3.18. The number of thioether (sulfide) groups is 1. The van der Waals surface area contributed by atoms with E-state index in [1.54, 1.807) is 24.3 Å². The Morgan fingerprint density at radius 1 is 1.06 bits per heavy atom. The van der Waals surface area contributed by atoms with Gasteiger partial charge in [0.25, 0.3) is 11.8 Å². The van der Waals surface area contributed by atoms with Crippen molar-refractivity contribution in [3.8, 4) is 0 Å². The van der Waals surface area contributed by atoms with E-state index in [0.717, 1.165) is 31.0 Å². The summed E-state index contributed by atoms with van der Waals surface area (Å²) in [4.78, 5) is 40.5. The zero-order chi connectivity index (χ0) is 22.1. The Balaban J connectivity index is 1.71. The number of rotatable bonds is 6. The molecule has 2 amide bonds. The number of carbonyl (C=O) groups excluding carboxylic acids is 2. The smallest absolute Gasteiger partial charge is 0.323 e. The first-order chi connectivity index (χ1) is 14.9. The SMILES string of the molecule is CCCCc1ccc(N2C(=O)/C(=C3/C(=O)N(CC(=O)O)c4ccccc43)SC2=S)cc1. The van der Waals surface area contributed by atoms with Crippen molar-refractivity contribution in [3.63, 3.8) is 0 Å². The average molecular weight is 453 g/mol. The summed E-state index contributed by atoms with van der Waals surface area (Å²) in [7, 11) is 0. The van der Waals surface area contributed by atoms with E-state index in [0.29, 0.717) is 21.3 Å². The van der Waals surface area contributed by atoms with Crippen LogP contribution >= 0.6 is 24.0 Å². The van der Waals surface area contributed by atoms with E-state index in [9.17, 15) is 19.5 Å². The molecule has 2 aliphatic rings. The highest BCUT2D eigenvalue weighted by molar-refractivity contribution is 8.27. The summed E-state index contributed by atoms with van der Waals surface area (Å²) in [5.41, 5.74) is 3.08. The van der Waals surface area contributed by atoms with Crippen molar-refractivity contribution in [3.05, 3.63) is 64.6 Å². The predicted octanol–water partition coefficient (Wildman–Crippen LogP) is 4.24. The summed E-state index contributed by atoms with van der Waals surface area (Å²) < 4.78 is 0.343. The molecule has 0 spiro atoms. The van der Waals surface area contributed by atoms with Crippen molar-refractivity contribution >= 4 is 63.0 Å². The van der Waals surface area contributed by atoms with Crippen LogP contribution in [0.3, 0.4) is 0 Å². The second kappa shape index (κ2) is 8.64. The Labute approximate surface area is 189 Å². The lowest BCUT2D eigenvalue weighted by atomic mass is 10.1. The molecule has 0 bridgehead atoms. The van der Waals surface area contributed by atoms with Crippen molar-refractivity contribution < 1.29 is 19.5 Å². The molecule has 2 aromatic carbocycles. The van der Waals surface area contributed by atoms with Gasteiger partial charge in [0.05, 0.1) is 21.9 Å². The van der Waals surface area contributed by atoms with Gasteiger partial charge < -0.3 is 5.11 Å². The third-order valence-electron chi connectivity index (χ3n) is 5.23. The van der Waals surface area contributed by atoms with E-state index in [1.807, 2.05) is 24.3 Å². The Morgan fingerprint density at radius 3 is 2.45 bits per heavy atom. The fraction of sp³-hybridized carbons (Fsp3) is 0.217. The van der Waals surface area contributed by atoms with Gasteiger partial charge in [0.1, 0.15) is 6.54 Å². The number of carboxylic acids is 1. The summed E-state index contributed by atoms with van der Waals surface area (Å²) in [5.74, 6) is -1.99. The zero-order valence-electron chi connectivity index (χ0n) is 16.8. The van der Waals surface area contributed by atoms with Crippen LogP contribution in [0.2, 0.25) is 0 Å². The van der Waals surface area contributed by atoms with Gasteiger partial charge in [-0.1, -0.05) is 67.7 Å². The first-order valence-corrected chi connectivity index (χ1v) is 11.2. The van der Waals surface area contributed by atoms with Crippen LogP contribution in [0.1, 0.15) is 30.9 Å². The monoisotopic (exact) mass is 452 g/mol. The maximum absolute atomic E-state index is 13.3. The number of aliphatic carboxylic acids is 1. The van der Waals surface area contributed by atoms with E-state index in [1.165, 1.54) is 15.4 Å². The molecule has 2 aromatic rings. The number of carboxylic acid groups (broad SMARTS) is 1. The maximum Gasteiger partial charge on any atom is 0.323 e. The number of fused-ring (bicyclic) bond motifs is 1. The molecule has 4 rings (SSSR count). The number of aryl methyl sites for hydroxylation is 1. The van der Waals surface area contributed by atoms with E-state index in [4.69, 9.17) is 12.2 Å². The van der Waals surface area contributed by atoms with Gasteiger partial charge in [-0.15, -0.1) is 0 Å². The number of hydrogen-bond donors (Lipinski definition) is 1. The van der Waals surface area contributed by atoms with Crippen LogP contribution < -0.4 is 9.80 Å². The molecule has 158 valence electrons. The van der Waals surface area contributed by atoms with Crippen LogP contribution in [-0.4, -0.2) is 33.8 Å². The highest BCUT2D eigenvalue weighted by Crippen LogP contribution is 2.45. The van der Waals surface area contributed by atoms with Crippen LogP contribution in [0.5, 0.6) is 0 Å². The molecule has 31 heavy (non-hydrogen) atoms. The Kier molecular flexibility index (Phi) is 5.93. The zero-order valence-corrected chi connectivity index (χ0v) is 18.5. The molecule has 1 N–H and O–H groups in total. The normalized spacial score (nSPS) is 18.2. The number of thiocarbonyl (C=S) groups is 1. The van der Waals surface area contributed by atoms with E-state index in [-0.39, 0.29) is 16.4 Å². The second-order valence-electron chi connectivity index (χ2n) is 7.28. The number of anilines is 2. The van der Waals surface area contributed by atoms with Gasteiger partial charge in [-0.25, -0.2) is 0 Å². The van der Waals surface area contributed by atoms with Gasteiger partial charge in [-0.2, -0.15) is 0 Å². The van der Waals surface area contributed by atoms with Crippen molar-refractivity contribution in [1.82, 2.24) is 0 Å². The number of amides is 2. The first-order valence-electron chi connectivity index (χ1n) is 9.95. The lowest BCUT2D eigenvalue weighted by Crippen LogP contribution is -2.32. The number of carbonyl (C=O) groups is 3. The van der Waals surface area contributed by atoms with Crippen molar-refractivity contribution in [2.45, 2.75) is 26.2 Å². The molecule has 2 heterocycles. The van der Waals surface area contributed by atoms with E-state index in [2.05, 4.69) is 6.92 Å². The summed E-state index contributed by atoms with van der Waals surface area (Å²) >= 11 is 6.54. The molecule has 0 atom stereocenters. The minimum Gasteiger partial charge on any atom is -0.480 e. The average Bonchev–Trinajstić information content (AvgIpc) is 3.19. The molecule has 0 radical (unpaired) electrons. The van der Waals surface area contributed by atoms with Crippen molar-refractivity contribution in [1.29, 1.82) is 0 Å². The molecule has 1 saturated heterocycles. The number of unbranched alkanes of at least 4 members (excludes halogenated alkanes) is 1. The largest absolute Gasteiger partial charge is 0.480 e. The minimum absolute atomic E-state index is 0.205. The maximum atomic E-state index is 13.3. The predicted molar refractivity (Wildman–Crippen MR) is 126 cm³/mol. The number of hydrogen-bond acceptors (Lipinski definition) is 5. The van der Waals surface area contributed by atoms with Crippen LogP contribution in [0.25, 0.3) is 5.57 Å². The lowest BCUT2D eigenvalue weighted by molar-refractivity contribution is -0.136. The highest BCUT2D eigenvalue weighted by atomic mass is 32.2. The van der Waals surface area contributed by atoms with Crippen LogP contribution in [0.15, 0.2) is 53.4 Å². The second-order valence-corrected chi connectivity index (χ2v) is 8.93. The molecule has 0 unspecified atom stereocenters. The quantitative estimate of drug-likeness (QED) is 0.522. The molecule has 0 aromatic heterocycles. The molecule has 2 aliphatic heterocycles. The van der Waals surface area contributed by atoms with E-state index >= 15 is 0 Å². The van der Waals surface area contributed by atoms with Gasteiger partial charge in [-0.05, 0) is 36.6 Å². The molecular weight excluding hydrogens is 432 g/mol. The van der Waals surface area contributed by atoms with Crippen LogP contribution in [0, 0.1) is 0 Å². The topological polar surface area (TPSA) is 77.9 Å². The summed E-state index contributed by atoms with van der Waals surface area (Å²) in [6.45, 7) is 1.67. The van der Waals surface area contributed by atoms with Crippen LogP contribution in [0.4, 0.5) is 11.4 Å². The Morgan fingerprint density at radius 2 is 1.77 bits per heavy atom. The van der Waals surface area contributed by atoms with Gasteiger partial charge in [0.15, 0.2) is 4.32 Å². The summed E-state index contributed by atoms with van der Waals surface area (Å²) in [6, 6.07) is 14.6. The van der Waals surface area contributed by atoms with Crippen LogP contribution in [-0.2, 0) is 20.8 Å². The van der Waals surface area contributed by atoms with Gasteiger partial charge >= 0.3 is 5.97 Å². The van der Waals surface area contributed by atoms with Gasteiger partial charge in [0.2, 0.25) is 0 Å². The third kappa shape index (κ3) is 3.88. The molecule has 0 saturated carbocycles. The lowest BCUT2D eigenvalue weighted by Gasteiger charge is -2.15. The number of nitrogens with zero attached hydrogens (tertiary/aromatic N) is 2. The third-order valence-corrected chi connectivity index (χ3v) is 6.60. The highest BCUT2D eigenvalue weighted by Gasteiger charge is 2.42. The Hall–Kier alpha value is -2.97. The van der Waals surface area contributed by atoms with E-state index < -0.39 is 18.4 Å². The van der Waals surface area contributed by atoms with Crippen molar-refractivity contribution in [2.24, 2.45) is 0 Å². The van der Waals surface area contributed by atoms with Crippen molar-refractivity contribution in [2.75, 3.05) is 16.3 Å². The summed E-state index contributed by atoms with van der Waals surface area (Å²) in [5, 5.41) is 9.22.